The zero-order valence-electron chi connectivity index (χ0n) is 18.0. The van der Waals surface area contributed by atoms with Crippen LogP contribution >= 0.6 is 0 Å². The Morgan fingerprint density at radius 3 is 1.57 bits per heavy atom. The van der Waals surface area contributed by atoms with Crippen molar-refractivity contribution >= 4 is 45.0 Å². The average Bonchev–Trinajstić information content (AvgIpc) is 2.69. The molecule has 0 saturated carbocycles. The standard InChI is InChI=1S/C23H29N5O2/c1-27(2)11-9-22(29)24-18-7-5-16-13-17-6-8-19(15-21(17)26-20(16)14-18)25-23(30)10-12-28(3)4/h5-8,13-15H,9-12H2,1-4H3,(H,24,29)(H,25,30). The highest BCUT2D eigenvalue weighted by Crippen LogP contribution is 2.25. The molecule has 0 saturated heterocycles. The van der Waals surface area contributed by atoms with E-state index in [1.807, 2.05) is 74.4 Å². The maximum absolute atomic E-state index is 12.1. The lowest BCUT2D eigenvalue weighted by molar-refractivity contribution is -0.117. The summed E-state index contributed by atoms with van der Waals surface area (Å²) in [5.41, 5.74) is 3.05. The number of nitrogens with zero attached hydrogens (tertiary/aromatic N) is 3. The summed E-state index contributed by atoms with van der Waals surface area (Å²) < 4.78 is 0. The molecule has 7 heteroatoms. The highest BCUT2D eigenvalue weighted by molar-refractivity contribution is 5.99. The Bertz CT molecular complexity index is 981. The summed E-state index contributed by atoms with van der Waals surface area (Å²) >= 11 is 0. The fourth-order valence-electron chi connectivity index (χ4n) is 3.08. The third kappa shape index (κ3) is 5.98. The maximum atomic E-state index is 12.1. The van der Waals surface area contributed by atoms with E-state index >= 15 is 0 Å². The maximum Gasteiger partial charge on any atom is 0.225 e. The molecule has 0 unspecified atom stereocenters. The quantitative estimate of drug-likeness (QED) is 0.561. The topological polar surface area (TPSA) is 77.6 Å². The van der Waals surface area contributed by atoms with Gasteiger partial charge in [0, 0.05) is 48.1 Å². The summed E-state index contributed by atoms with van der Waals surface area (Å²) in [5, 5.41) is 7.86. The van der Waals surface area contributed by atoms with Gasteiger partial charge in [0.25, 0.3) is 0 Å². The second-order valence-electron chi connectivity index (χ2n) is 8.01. The SMILES string of the molecule is CN(C)CCC(=O)Nc1ccc2cc3ccc(NC(=O)CCN(C)C)cc3nc2c1. The minimum absolute atomic E-state index is 0.0217. The summed E-state index contributed by atoms with van der Waals surface area (Å²) in [7, 11) is 7.77. The monoisotopic (exact) mass is 407 g/mol. The number of pyridine rings is 1. The highest BCUT2D eigenvalue weighted by Gasteiger charge is 2.08. The van der Waals surface area contributed by atoms with Crippen molar-refractivity contribution in [2.45, 2.75) is 12.8 Å². The van der Waals surface area contributed by atoms with Crippen LogP contribution < -0.4 is 10.6 Å². The van der Waals surface area contributed by atoms with Crippen molar-refractivity contribution in [3.8, 4) is 0 Å². The van der Waals surface area contributed by atoms with Crippen molar-refractivity contribution in [2.24, 2.45) is 0 Å². The predicted octanol–water partition coefficient (Wildman–Crippen LogP) is 3.17. The van der Waals surface area contributed by atoms with Crippen molar-refractivity contribution in [1.82, 2.24) is 14.8 Å². The summed E-state index contributed by atoms with van der Waals surface area (Å²) in [6, 6.07) is 13.5. The lowest BCUT2D eigenvalue weighted by atomic mass is 10.1. The summed E-state index contributed by atoms with van der Waals surface area (Å²) in [4.78, 5) is 32.9. The number of benzene rings is 2. The minimum Gasteiger partial charge on any atom is -0.326 e. The number of hydrogen-bond donors (Lipinski definition) is 2. The number of rotatable bonds is 8. The number of aromatic nitrogens is 1. The Morgan fingerprint density at radius 1 is 0.733 bits per heavy atom. The normalized spacial score (nSPS) is 11.4. The molecule has 2 amide bonds. The summed E-state index contributed by atoms with van der Waals surface area (Å²) in [5.74, 6) is -0.0434. The van der Waals surface area contributed by atoms with E-state index in [1.54, 1.807) is 0 Å². The third-order valence-corrected chi connectivity index (χ3v) is 4.75. The Morgan fingerprint density at radius 2 is 1.17 bits per heavy atom. The number of fused-ring (bicyclic) bond motifs is 2. The molecule has 30 heavy (non-hydrogen) atoms. The van der Waals surface area contributed by atoms with Gasteiger partial charge in [-0.1, -0.05) is 12.1 Å². The van der Waals surface area contributed by atoms with E-state index in [9.17, 15) is 9.59 Å². The molecule has 0 spiro atoms. The first-order chi connectivity index (χ1) is 14.3. The average molecular weight is 408 g/mol. The van der Waals surface area contributed by atoms with Gasteiger partial charge >= 0.3 is 0 Å². The molecule has 0 aliphatic carbocycles. The van der Waals surface area contributed by atoms with E-state index in [1.165, 1.54) is 0 Å². The number of carbonyl (C=O) groups is 2. The van der Waals surface area contributed by atoms with Crippen molar-refractivity contribution < 1.29 is 9.59 Å². The van der Waals surface area contributed by atoms with Gasteiger partial charge < -0.3 is 20.4 Å². The van der Waals surface area contributed by atoms with E-state index in [2.05, 4.69) is 16.7 Å². The lowest BCUT2D eigenvalue weighted by Gasteiger charge is -2.11. The third-order valence-electron chi connectivity index (χ3n) is 4.75. The Balaban J connectivity index is 1.78. The van der Waals surface area contributed by atoms with Gasteiger partial charge in [-0.2, -0.15) is 0 Å². The molecule has 0 atom stereocenters. The van der Waals surface area contributed by atoms with Crippen molar-refractivity contribution in [1.29, 1.82) is 0 Å². The highest BCUT2D eigenvalue weighted by atomic mass is 16.2. The summed E-state index contributed by atoms with van der Waals surface area (Å²) in [6.07, 6.45) is 0.875. The Kier molecular flexibility index (Phi) is 6.97. The molecule has 7 nitrogen and oxygen atoms in total. The number of anilines is 2. The molecule has 1 heterocycles. The van der Waals surface area contributed by atoms with Crippen LogP contribution in [0.5, 0.6) is 0 Å². The number of amides is 2. The van der Waals surface area contributed by atoms with E-state index in [4.69, 9.17) is 4.98 Å². The van der Waals surface area contributed by atoms with Gasteiger partial charge in [-0.3, -0.25) is 9.59 Å². The summed E-state index contributed by atoms with van der Waals surface area (Å²) in [6.45, 7) is 1.40. The predicted molar refractivity (Wildman–Crippen MR) is 123 cm³/mol. The molecule has 2 N–H and O–H groups in total. The van der Waals surface area contributed by atoms with Crippen LogP contribution in [0.3, 0.4) is 0 Å². The van der Waals surface area contributed by atoms with Gasteiger partial charge in [-0.15, -0.1) is 0 Å². The second kappa shape index (κ2) is 9.65. The molecule has 0 bridgehead atoms. The molecule has 0 aliphatic heterocycles. The Hall–Kier alpha value is -3.03. The van der Waals surface area contributed by atoms with Gasteiger partial charge in [0.05, 0.1) is 11.0 Å². The lowest BCUT2D eigenvalue weighted by Crippen LogP contribution is -2.20. The zero-order valence-corrected chi connectivity index (χ0v) is 18.0. The van der Waals surface area contributed by atoms with Crippen molar-refractivity contribution in [3.05, 3.63) is 42.5 Å². The van der Waals surface area contributed by atoms with E-state index in [-0.39, 0.29) is 11.8 Å². The van der Waals surface area contributed by atoms with E-state index < -0.39 is 0 Å². The van der Waals surface area contributed by atoms with Crippen LogP contribution in [0.25, 0.3) is 21.8 Å². The van der Waals surface area contributed by atoms with Gasteiger partial charge in [0.1, 0.15) is 0 Å². The van der Waals surface area contributed by atoms with Crippen LogP contribution in [0.2, 0.25) is 0 Å². The van der Waals surface area contributed by atoms with Crippen molar-refractivity contribution in [3.63, 3.8) is 0 Å². The Labute approximate surface area is 177 Å². The number of hydrogen-bond acceptors (Lipinski definition) is 5. The van der Waals surface area contributed by atoms with Crippen molar-refractivity contribution in [2.75, 3.05) is 51.9 Å². The largest absolute Gasteiger partial charge is 0.326 e. The molecule has 0 radical (unpaired) electrons. The molecule has 0 fully saturated rings. The van der Waals surface area contributed by atoms with Gasteiger partial charge in [0.15, 0.2) is 0 Å². The first kappa shape index (κ1) is 21.7. The smallest absolute Gasteiger partial charge is 0.225 e. The minimum atomic E-state index is -0.0217. The molecule has 0 aliphatic rings. The second-order valence-corrected chi connectivity index (χ2v) is 8.01. The molecule has 3 rings (SSSR count). The van der Waals surface area contributed by atoms with E-state index in [0.717, 1.165) is 33.2 Å². The van der Waals surface area contributed by atoms with E-state index in [0.29, 0.717) is 25.9 Å². The van der Waals surface area contributed by atoms with Gasteiger partial charge in [-0.05, 0) is 58.5 Å². The van der Waals surface area contributed by atoms with Crippen LogP contribution in [0.15, 0.2) is 42.5 Å². The van der Waals surface area contributed by atoms with Crippen LogP contribution in [-0.4, -0.2) is 67.9 Å². The molecule has 1 aromatic heterocycles. The molecular weight excluding hydrogens is 378 g/mol. The van der Waals surface area contributed by atoms with Crippen LogP contribution in [0, 0.1) is 0 Å². The number of carbonyl (C=O) groups excluding carboxylic acids is 2. The molecule has 3 aromatic rings. The van der Waals surface area contributed by atoms with Crippen LogP contribution in [0.1, 0.15) is 12.8 Å². The fourth-order valence-corrected chi connectivity index (χ4v) is 3.08. The first-order valence-corrected chi connectivity index (χ1v) is 10.0. The molecule has 158 valence electrons. The number of nitrogens with one attached hydrogen (secondary N) is 2. The molecular formula is C23H29N5O2. The zero-order chi connectivity index (χ0) is 21.7. The fraction of sp³-hybridized carbons (Fsp3) is 0.348. The van der Waals surface area contributed by atoms with Crippen LogP contribution in [0.4, 0.5) is 11.4 Å². The van der Waals surface area contributed by atoms with Gasteiger partial charge in [-0.25, -0.2) is 4.98 Å². The van der Waals surface area contributed by atoms with Gasteiger partial charge in [0.2, 0.25) is 11.8 Å². The van der Waals surface area contributed by atoms with Crippen LogP contribution in [-0.2, 0) is 9.59 Å². The molecule has 2 aromatic carbocycles. The first-order valence-electron chi connectivity index (χ1n) is 10.0.